The Hall–Kier alpha value is -2.27. The molecule has 0 saturated carbocycles. The first-order valence-electron chi connectivity index (χ1n) is 8.83. The van der Waals surface area contributed by atoms with Crippen molar-refractivity contribution < 1.29 is 10.9 Å². The summed E-state index contributed by atoms with van der Waals surface area (Å²) in [7, 11) is 0. The first-order chi connectivity index (χ1) is 12.5. The third-order valence-corrected chi connectivity index (χ3v) is 4.89. The molecule has 1 atom stereocenters. The Morgan fingerprint density at radius 2 is 2.04 bits per heavy atom. The standard InChI is InChI=1S/C20H22N2O2S/c1-3-15-4-7-17(21-13-15)10-11-24-18-8-5-16(6-9-18)12-19-20(23)22-14(2)25-19/h4-9,13,19H,2-3,10-12H2,1H3,(H,22,23)/t19-/m1/s1/i19D. The number of rotatable bonds is 7. The molecule has 1 aliphatic rings. The van der Waals surface area contributed by atoms with Gasteiger partial charge in [-0.05, 0) is 42.2 Å². The summed E-state index contributed by atoms with van der Waals surface area (Å²) in [6.07, 6.45) is 3.98. The van der Waals surface area contributed by atoms with Gasteiger partial charge in [0.2, 0.25) is 5.91 Å². The Kier molecular flexibility index (Phi) is 5.32. The third-order valence-electron chi connectivity index (χ3n) is 3.96. The van der Waals surface area contributed by atoms with Gasteiger partial charge in [-0.1, -0.05) is 43.5 Å². The fourth-order valence-electron chi connectivity index (χ4n) is 2.51. The van der Waals surface area contributed by atoms with Crippen LogP contribution in [0, 0.1) is 0 Å². The zero-order valence-electron chi connectivity index (χ0n) is 15.2. The first kappa shape index (κ1) is 16.2. The van der Waals surface area contributed by atoms with E-state index in [1.54, 1.807) is 0 Å². The van der Waals surface area contributed by atoms with Crippen LogP contribution in [0.1, 0.15) is 25.1 Å². The molecule has 1 saturated heterocycles. The van der Waals surface area contributed by atoms with Crippen LogP contribution in [0.2, 0.25) is 0 Å². The van der Waals surface area contributed by atoms with E-state index >= 15 is 0 Å². The molecule has 1 aliphatic heterocycles. The van der Waals surface area contributed by atoms with Crippen molar-refractivity contribution in [2.24, 2.45) is 0 Å². The average Bonchev–Trinajstić information content (AvgIpc) is 2.88. The van der Waals surface area contributed by atoms with Crippen molar-refractivity contribution in [1.82, 2.24) is 10.3 Å². The number of nitrogens with one attached hydrogen (secondary N) is 1. The number of amides is 1. The van der Waals surface area contributed by atoms with E-state index in [-0.39, 0.29) is 5.91 Å². The maximum Gasteiger partial charge on any atom is 0.238 e. The molecule has 0 unspecified atom stereocenters. The van der Waals surface area contributed by atoms with E-state index in [4.69, 9.17) is 6.11 Å². The van der Waals surface area contributed by atoms with Crippen LogP contribution in [0.4, 0.5) is 0 Å². The van der Waals surface area contributed by atoms with Crippen LogP contribution in [0.3, 0.4) is 0 Å². The van der Waals surface area contributed by atoms with Gasteiger partial charge in [0.15, 0.2) is 0 Å². The second-order valence-corrected chi connectivity index (χ2v) is 7.02. The minimum absolute atomic E-state index is 0.311. The quantitative estimate of drug-likeness (QED) is 0.826. The number of aromatic nitrogens is 1. The Morgan fingerprint density at radius 3 is 2.64 bits per heavy atom. The fraction of sp³-hybridized carbons (Fsp3) is 0.300. The van der Waals surface area contributed by atoms with Gasteiger partial charge < -0.3 is 10.1 Å². The van der Waals surface area contributed by atoms with Crippen LogP contribution in [0.15, 0.2) is 54.2 Å². The minimum atomic E-state index is -1.24. The zero-order chi connectivity index (χ0) is 18.6. The van der Waals surface area contributed by atoms with Gasteiger partial charge in [0, 0.05) is 18.3 Å². The normalized spacial score (nSPS) is 20.3. The number of benzene rings is 1. The van der Waals surface area contributed by atoms with E-state index < -0.39 is 5.23 Å². The smallest absolute Gasteiger partial charge is 0.238 e. The number of ether oxygens (including phenoxy) is 1. The molecular weight excluding hydrogens is 332 g/mol. The van der Waals surface area contributed by atoms with Gasteiger partial charge in [0.05, 0.1) is 18.2 Å². The van der Waals surface area contributed by atoms with E-state index in [0.717, 1.165) is 41.6 Å². The highest BCUT2D eigenvalue weighted by Gasteiger charge is 2.27. The molecule has 0 radical (unpaired) electrons. The fourth-order valence-corrected chi connectivity index (χ4v) is 3.33. The molecule has 4 nitrogen and oxygen atoms in total. The summed E-state index contributed by atoms with van der Waals surface area (Å²) < 4.78 is 14.1. The summed E-state index contributed by atoms with van der Waals surface area (Å²) in [6, 6.07) is 11.7. The van der Waals surface area contributed by atoms with Crippen LogP contribution in [-0.2, 0) is 24.1 Å². The Morgan fingerprint density at radius 1 is 1.28 bits per heavy atom. The Balaban J connectivity index is 1.51. The molecule has 3 rings (SSSR count). The number of hydrogen-bond donors (Lipinski definition) is 1. The number of hydrogen-bond acceptors (Lipinski definition) is 4. The average molecular weight is 355 g/mol. The van der Waals surface area contributed by atoms with Crippen molar-refractivity contribution in [1.29, 1.82) is 0 Å². The second kappa shape index (κ2) is 8.21. The van der Waals surface area contributed by atoms with Crippen molar-refractivity contribution in [2.45, 2.75) is 31.4 Å². The monoisotopic (exact) mass is 355 g/mol. The van der Waals surface area contributed by atoms with E-state index in [1.165, 1.54) is 5.56 Å². The van der Waals surface area contributed by atoms with Crippen molar-refractivity contribution in [3.05, 3.63) is 71.0 Å². The van der Waals surface area contributed by atoms with Crippen molar-refractivity contribution in [3.8, 4) is 5.75 Å². The van der Waals surface area contributed by atoms with Crippen molar-refractivity contribution in [3.63, 3.8) is 0 Å². The maximum absolute atomic E-state index is 11.9. The lowest BCUT2D eigenvalue weighted by molar-refractivity contribution is -0.119. The topological polar surface area (TPSA) is 51.2 Å². The molecule has 0 aliphatic carbocycles. The summed E-state index contributed by atoms with van der Waals surface area (Å²) in [6.45, 7) is 6.38. The van der Waals surface area contributed by atoms with Crippen LogP contribution in [0.25, 0.3) is 0 Å². The second-order valence-electron chi connectivity index (χ2n) is 5.83. The predicted molar refractivity (Wildman–Crippen MR) is 102 cm³/mol. The van der Waals surface area contributed by atoms with E-state index in [0.29, 0.717) is 18.1 Å². The summed E-state index contributed by atoms with van der Waals surface area (Å²) in [4.78, 5) is 16.3. The lowest BCUT2D eigenvalue weighted by atomic mass is 10.1. The van der Waals surface area contributed by atoms with Crippen LogP contribution >= 0.6 is 11.8 Å². The highest BCUT2D eigenvalue weighted by molar-refractivity contribution is 8.04. The molecule has 130 valence electrons. The van der Waals surface area contributed by atoms with E-state index in [9.17, 15) is 4.79 Å². The zero-order valence-corrected chi connectivity index (χ0v) is 15.1. The van der Waals surface area contributed by atoms with Gasteiger partial charge in [-0.2, -0.15) is 0 Å². The molecule has 1 amide bonds. The van der Waals surface area contributed by atoms with E-state index in [1.807, 2.05) is 36.5 Å². The summed E-state index contributed by atoms with van der Waals surface area (Å²) in [5.74, 6) is 0.459. The molecular formula is C20H22N2O2S. The van der Waals surface area contributed by atoms with Gasteiger partial charge in [0.25, 0.3) is 0 Å². The molecule has 2 aromatic rings. The molecule has 25 heavy (non-hydrogen) atoms. The number of pyridine rings is 1. The van der Waals surface area contributed by atoms with Gasteiger partial charge in [-0.3, -0.25) is 9.78 Å². The van der Waals surface area contributed by atoms with Crippen LogP contribution in [-0.4, -0.2) is 22.7 Å². The number of thioether (sulfide) groups is 1. The molecule has 5 heteroatoms. The van der Waals surface area contributed by atoms with Crippen LogP contribution < -0.4 is 10.1 Å². The maximum atomic E-state index is 11.9. The Labute approximate surface area is 154 Å². The minimum Gasteiger partial charge on any atom is -0.493 e. The summed E-state index contributed by atoms with van der Waals surface area (Å²) in [5.41, 5.74) is 3.16. The largest absolute Gasteiger partial charge is 0.493 e. The van der Waals surface area contributed by atoms with E-state index in [2.05, 4.69) is 29.9 Å². The lowest BCUT2D eigenvalue weighted by Gasteiger charge is -2.09. The van der Waals surface area contributed by atoms with Crippen LogP contribution in [0.5, 0.6) is 5.75 Å². The Bertz CT molecular complexity index is 792. The molecule has 0 bridgehead atoms. The lowest BCUT2D eigenvalue weighted by Crippen LogP contribution is -2.23. The SMILES string of the molecule is [2H][C@]1(Cc2ccc(OCCc3ccc(CC)cn3)cc2)SC(=C)NC1=O. The molecule has 2 heterocycles. The predicted octanol–water partition coefficient (Wildman–Crippen LogP) is 3.51. The van der Waals surface area contributed by atoms with Gasteiger partial charge in [-0.15, -0.1) is 0 Å². The highest BCUT2D eigenvalue weighted by Crippen LogP contribution is 2.28. The molecule has 1 aromatic carbocycles. The molecule has 1 aromatic heterocycles. The molecule has 0 spiro atoms. The first-order valence-corrected chi connectivity index (χ1v) is 9.15. The summed E-state index contributed by atoms with van der Waals surface area (Å²) >= 11 is 1.16. The highest BCUT2D eigenvalue weighted by atomic mass is 32.2. The molecule has 1 N–H and O–H groups in total. The number of nitrogens with zero attached hydrogens (tertiary/aromatic N) is 1. The number of carbonyl (C=O) groups is 1. The third kappa shape index (κ3) is 4.86. The van der Waals surface area contributed by atoms with Gasteiger partial charge in [0.1, 0.15) is 5.75 Å². The van der Waals surface area contributed by atoms with Crippen molar-refractivity contribution in [2.75, 3.05) is 6.61 Å². The van der Waals surface area contributed by atoms with Gasteiger partial charge in [-0.25, -0.2) is 0 Å². The number of aryl methyl sites for hydroxylation is 1. The molecule has 1 fully saturated rings. The number of carbonyl (C=O) groups excluding carboxylic acids is 1. The summed E-state index contributed by atoms with van der Waals surface area (Å²) in [5, 5.41) is 1.89. The van der Waals surface area contributed by atoms with Gasteiger partial charge >= 0.3 is 0 Å². The van der Waals surface area contributed by atoms with Crippen molar-refractivity contribution >= 4 is 17.7 Å².